The van der Waals surface area contributed by atoms with Crippen LogP contribution < -0.4 is 5.32 Å². The van der Waals surface area contributed by atoms with E-state index >= 15 is 0 Å². The van der Waals surface area contributed by atoms with Crippen LogP contribution in [0.5, 0.6) is 5.75 Å². The van der Waals surface area contributed by atoms with Gasteiger partial charge in [0.15, 0.2) is 0 Å². The van der Waals surface area contributed by atoms with Crippen LogP contribution in [0.3, 0.4) is 0 Å². The van der Waals surface area contributed by atoms with Gasteiger partial charge in [0, 0.05) is 40.2 Å². The van der Waals surface area contributed by atoms with Gasteiger partial charge in [0.1, 0.15) is 5.75 Å². The van der Waals surface area contributed by atoms with Crippen molar-refractivity contribution in [1.29, 1.82) is 0 Å². The smallest absolute Gasteiger partial charge is 0.117 e. The van der Waals surface area contributed by atoms with E-state index in [9.17, 15) is 9.32 Å². The van der Waals surface area contributed by atoms with E-state index in [0.29, 0.717) is 10.6 Å². The molecule has 146 valence electrons. The first kappa shape index (κ1) is 19.0. The zero-order valence-corrected chi connectivity index (χ0v) is 17.0. The number of aromatic nitrogens is 1. The Morgan fingerprint density at radius 1 is 1.00 bits per heavy atom. The number of rotatable bonds is 4. The fourth-order valence-corrected chi connectivity index (χ4v) is 4.50. The Bertz CT molecular complexity index is 1290. The maximum Gasteiger partial charge on any atom is 0.117 e. The summed E-state index contributed by atoms with van der Waals surface area (Å²) in [5.74, 6) is 0.204. The average Bonchev–Trinajstić information content (AvgIpc) is 2.68. The molecule has 3 aromatic carbocycles. The predicted octanol–water partition coefficient (Wildman–Crippen LogP) is 5.78. The fraction of sp³-hybridized carbons (Fsp3) is 0.0870. The molecule has 6 heteroatoms. The molecule has 0 saturated carbocycles. The van der Waals surface area contributed by atoms with E-state index in [4.69, 9.17) is 0 Å². The average molecular weight is 404 g/mol. The number of benzene rings is 3. The quantitative estimate of drug-likeness (QED) is 0.453. The summed E-state index contributed by atoms with van der Waals surface area (Å²) >= 11 is 0. The van der Waals surface area contributed by atoms with Crippen LogP contribution in [-0.2, 0) is 9.73 Å². The van der Waals surface area contributed by atoms with Crippen molar-refractivity contribution in [3.63, 3.8) is 0 Å². The number of anilines is 2. The number of nitrogens with zero attached hydrogens (tertiary/aromatic N) is 2. The Hall–Kier alpha value is -3.38. The lowest BCUT2D eigenvalue weighted by molar-refractivity contribution is 0.475. The van der Waals surface area contributed by atoms with Crippen LogP contribution in [-0.4, -0.2) is 20.6 Å². The lowest BCUT2D eigenvalue weighted by Gasteiger charge is -2.11. The number of pyridine rings is 1. The van der Waals surface area contributed by atoms with Crippen molar-refractivity contribution in [2.75, 3.05) is 11.6 Å². The molecule has 29 heavy (non-hydrogen) atoms. The van der Waals surface area contributed by atoms with Gasteiger partial charge in [-0.25, -0.2) is 4.21 Å². The number of hydrogen-bond donors (Lipinski definition) is 2. The molecular weight excluding hydrogens is 382 g/mol. The highest BCUT2D eigenvalue weighted by Crippen LogP contribution is 2.31. The van der Waals surface area contributed by atoms with Crippen molar-refractivity contribution in [2.24, 2.45) is 4.36 Å². The largest absolute Gasteiger partial charge is 0.508 e. The topological polar surface area (TPSA) is 74.6 Å². The molecule has 4 rings (SSSR count). The van der Waals surface area contributed by atoms with Crippen LogP contribution in [0, 0.1) is 6.92 Å². The Balaban J connectivity index is 1.78. The predicted molar refractivity (Wildman–Crippen MR) is 119 cm³/mol. The molecule has 0 amide bonds. The molecule has 0 unspecified atom stereocenters. The Morgan fingerprint density at radius 2 is 1.79 bits per heavy atom. The van der Waals surface area contributed by atoms with Gasteiger partial charge >= 0.3 is 0 Å². The van der Waals surface area contributed by atoms with E-state index in [1.165, 1.54) is 0 Å². The Kier molecular flexibility index (Phi) is 4.94. The Labute approximate surface area is 170 Å². The third kappa shape index (κ3) is 4.22. The SMILES string of the molecule is Cc1cc(O)cc(Nc2ccnc3ccc(N=[S@](C)(=O)c4ccccc4)cc23)c1. The molecular formula is C23H21N3O2S. The second-order valence-corrected chi connectivity index (χ2v) is 9.21. The number of hydrogen-bond acceptors (Lipinski definition) is 5. The number of aromatic hydroxyl groups is 1. The van der Waals surface area contributed by atoms with Crippen LogP contribution in [0.2, 0.25) is 0 Å². The highest BCUT2D eigenvalue weighted by molar-refractivity contribution is 7.93. The standard InChI is InChI=1S/C23H21N3O2S/c1-16-12-18(14-19(27)13-16)25-23-10-11-24-22-9-8-17(15-21(22)23)26-29(2,28)20-6-4-3-5-7-20/h3-15,27H,1-2H3,(H,24,25)/t29-/m1/s1. The van der Waals surface area contributed by atoms with E-state index in [2.05, 4.69) is 14.7 Å². The summed E-state index contributed by atoms with van der Waals surface area (Å²) in [6.45, 7) is 1.92. The van der Waals surface area contributed by atoms with Crippen molar-refractivity contribution in [3.05, 3.63) is 84.6 Å². The van der Waals surface area contributed by atoms with Crippen LogP contribution >= 0.6 is 0 Å². The number of aryl methyl sites for hydroxylation is 1. The van der Waals surface area contributed by atoms with E-state index in [1.54, 1.807) is 24.6 Å². The van der Waals surface area contributed by atoms with Gasteiger partial charge in [-0.3, -0.25) is 4.98 Å². The molecule has 5 nitrogen and oxygen atoms in total. The second-order valence-electron chi connectivity index (χ2n) is 6.95. The number of phenolic OH excluding ortho intramolecular Hbond substituents is 1. The van der Waals surface area contributed by atoms with E-state index in [1.807, 2.05) is 67.6 Å². The zero-order valence-electron chi connectivity index (χ0n) is 16.2. The third-order valence-corrected chi connectivity index (χ3v) is 6.23. The van der Waals surface area contributed by atoms with Gasteiger partial charge in [0.25, 0.3) is 0 Å². The van der Waals surface area contributed by atoms with Crippen LogP contribution in [0.4, 0.5) is 17.1 Å². The number of phenols is 1. The molecule has 0 saturated heterocycles. The minimum Gasteiger partial charge on any atom is -0.508 e. The van der Waals surface area contributed by atoms with Crippen molar-refractivity contribution >= 4 is 37.7 Å². The highest BCUT2D eigenvalue weighted by atomic mass is 32.2. The molecule has 1 aromatic heterocycles. The first-order chi connectivity index (χ1) is 13.9. The molecule has 0 bridgehead atoms. The zero-order chi connectivity index (χ0) is 20.4. The molecule has 0 aliphatic rings. The molecule has 0 aliphatic carbocycles. The van der Waals surface area contributed by atoms with E-state index in [0.717, 1.165) is 27.8 Å². The molecule has 1 atom stereocenters. The lowest BCUT2D eigenvalue weighted by Crippen LogP contribution is -1.96. The summed E-state index contributed by atoms with van der Waals surface area (Å²) in [6.07, 6.45) is 3.37. The maximum absolute atomic E-state index is 13.1. The van der Waals surface area contributed by atoms with Gasteiger partial charge in [0.2, 0.25) is 0 Å². The van der Waals surface area contributed by atoms with Crippen LogP contribution in [0.25, 0.3) is 10.9 Å². The minimum absolute atomic E-state index is 0.204. The van der Waals surface area contributed by atoms with Gasteiger partial charge in [0.05, 0.1) is 20.9 Å². The van der Waals surface area contributed by atoms with Crippen molar-refractivity contribution in [2.45, 2.75) is 11.8 Å². The monoisotopic (exact) mass is 403 g/mol. The van der Waals surface area contributed by atoms with Gasteiger partial charge < -0.3 is 10.4 Å². The molecule has 0 aliphatic heterocycles. The molecule has 0 fully saturated rings. The Morgan fingerprint density at radius 3 is 2.55 bits per heavy atom. The van der Waals surface area contributed by atoms with Gasteiger partial charge in [-0.2, -0.15) is 4.36 Å². The number of fused-ring (bicyclic) bond motifs is 1. The van der Waals surface area contributed by atoms with Gasteiger partial charge in [-0.05, 0) is 61.0 Å². The van der Waals surface area contributed by atoms with E-state index in [-0.39, 0.29) is 5.75 Å². The maximum atomic E-state index is 13.1. The van der Waals surface area contributed by atoms with Crippen molar-refractivity contribution < 1.29 is 9.32 Å². The van der Waals surface area contributed by atoms with Crippen LogP contribution in [0.1, 0.15) is 5.56 Å². The number of nitrogens with one attached hydrogen (secondary N) is 1. The molecule has 4 aromatic rings. The van der Waals surface area contributed by atoms with E-state index < -0.39 is 9.73 Å². The third-order valence-electron chi connectivity index (χ3n) is 4.53. The first-order valence-electron chi connectivity index (χ1n) is 9.14. The summed E-state index contributed by atoms with van der Waals surface area (Å²) in [5, 5.41) is 14.1. The van der Waals surface area contributed by atoms with Crippen LogP contribution in [0.15, 0.2) is 88.3 Å². The molecule has 1 heterocycles. The first-order valence-corrected chi connectivity index (χ1v) is 11.1. The lowest BCUT2D eigenvalue weighted by atomic mass is 10.1. The summed E-state index contributed by atoms with van der Waals surface area (Å²) in [6, 6.07) is 22.0. The summed E-state index contributed by atoms with van der Waals surface area (Å²) in [5.41, 5.74) is 3.99. The van der Waals surface area contributed by atoms with Crippen molar-refractivity contribution in [1.82, 2.24) is 4.98 Å². The van der Waals surface area contributed by atoms with Crippen molar-refractivity contribution in [3.8, 4) is 5.75 Å². The normalized spacial score (nSPS) is 13.0. The summed E-state index contributed by atoms with van der Waals surface area (Å²) in [7, 11) is -2.56. The van der Waals surface area contributed by atoms with Gasteiger partial charge in [-0.1, -0.05) is 18.2 Å². The molecule has 2 N–H and O–H groups in total. The molecule has 0 spiro atoms. The second kappa shape index (κ2) is 7.56. The van der Waals surface area contributed by atoms with Gasteiger partial charge in [-0.15, -0.1) is 0 Å². The molecule has 0 radical (unpaired) electrons. The summed E-state index contributed by atoms with van der Waals surface area (Å²) < 4.78 is 17.6. The highest BCUT2D eigenvalue weighted by Gasteiger charge is 2.08. The minimum atomic E-state index is -2.56. The summed E-state index contributed by atoms with van der Waals surface area (Å²) in [4.78, 5) is 5.11. The fourth-order valence-electron chi connectivity index (χ4n) is 3.22.